The molecule has 1 atom stereocenters. The molecule has 0 unspecified atom stereocenters. The van der Waals surface area contributed by atoms with Crippen molar-refractivity contribution in [2.75, 3.05) is 0 Å². The minimum atomic E-state index is -0.997. The van der Waals surface area contributed by atoms with Gasteiger partial charge < -0.3 is 10.1 Å². The van der Waals surface area contributed by atoms with Gasteiger partial charge in [-0.2, -0.15) is 5.01 Å². The monoisotopic (exact) mass is 367 g/mol. The topological polar surface area (TPSA) is 87.7 Å². The van der Waals surface area contributed by atoms with E-state index in [0.717, 1.165) is 16.3 Å². The molecule has 2 aromatic rings. The van der Waals surface area contributed by atoms with Crippen LogP contribution in [0.15, 0.2) is 54.6 Å². The van der Waals surface area contributed by atoms with Crippen LogP contribution in [0.5, 0.6) is 5.75 Å². The molecule has 140 valence electrons. The van der Waals surface area contributed by atoms with Crippen molar-refractivity contribution in [3.05, 3.63) is 65.7 Å². The lowest BCUT2D eigenvalue weighted by Gasteiger charge is -2.19. The largest absolute Gasteiger partial charge is 0.489 e. The highest BCUT2D eigenvalue weighted by atomic mass is 16.5. The van der Waals surface area contributed by atoms with Crippen molar-refractivity contribution in [2.45, 2.75) is 32.4 Å². The van der Waals surface area contributed by atoms with E-state index in [-0.39, 0.29) is 0 Å². The first kappa shape index (κ1) is 18.4. The summed E-state index contributed by atoms with van der Waals surface area (Å²) in [6, 6.07) is 15.6. The molecule has 1 fully saturated rings. The van der Waals surface area contributed by atoms with Crippen LogP contribution in [0.1, 0.15) is 36.2 Å². The number of nitrogens with one attached hydrogen (secondary N) is 2. The van der Waals surface area contributed by atoms with Gasteiger partial charge in [-0.3, -0.25) is 15.0 Å². The number of hydrogen-bond acceptors (Lipinski definition) is 4. The van der Waals surface area contributed by atoms with Crippen molar-refractivity contribution in [1.29, 1.82) is 0 Å². The minimum absolute atomic E-state index is 0.337. The van der Waals surface area contributed by atoms with Crippen LogP contribution in [0.4, 0.5) is 4.79 Å². The number of benzene rings is 2. The lowest BCUT2D eigenvalue weighted by Crippen LogP contribution is -2.48. The highest BCUT2D eigenvalue weighted by Gasteiger charge is 2.47. The van der Waals surface area contributed by atoms with Crippen LogP contribution in [-0.4, -0.2) is 28.4 Å². The molecule has 27 heavy (non-hydrogen) atoms. The maximum atomic E-state index is 12.4. The standard InChI is InChI=1S/C20H21N3O4/c1-3-20(2)18(25)23(19(26)21-20)22-17(24)15-11-9-14(10-12-15)13-27-16-7-5-4-6-8-16/h4-12H,3,13H2,1-2H3,(H,21,26)(H,22,24)/t20-/m0/s1. The Morgan fingerprint density at radius 1 is 1.11 bits per heavy atom. The molecule has 0 aliphatic carbocycles. The van der Waals surface area contributed by atoms with E-state index in [1.165, 1.54) is 0 Å². The lowest BCUT2D eigenvalue weighted by atomic mass is 10.00. The molecule has 2 N–H and O–H groups in total. The highest BCUT2D eigenvalue weighted by molar-refractivity contribution is 6.09. The molecule has 4 amide bonds. The molecule has 0 bridgehead atoms. The number of imide groups is 1. The number of hydrazine groups is 1. The van der Waals surface area contributed by atoms with Gasteiger partial charge in [0, 0.05) is 5.56 Å². The lowest BCUT2D eigenvalue weighted by molar-refractivity contribution is -0.132. The van der Waals surface area contributed by atoms with E-state index >= 15 is 0 Å². The van der Waals surface area contributed by atoms with Crippen LogP contribution in [0.2, 0.25) is 0 Å². The van der Waals surface area contributed by atoms with Gasteiger partial charge in [-0.25, -0.2) is 4.79 Å². The molecule has 1 saturated heterocycles. The number of para-hydroxylation sites is 1. The SMILES string of the molecule is CC[C@]1(C)NC(=O)N(NC(=O)c2ccc(COc3ccccc3)cc2)C1=O. The van der Waals surface area contributed by atoms with Crippen LogP contribution in [0.25, 0.3) is 0 Å². The van der Waals surface area contributed by atoms with Crippen LogP contribution in [0, 0.1) is 0 Å². The third-order valence-corrected chi connectivity index (χ3v) is 4.55. The highest BCUT2D eigenvalue weighted by Crippen LogP contribution is 2.19. The van der Waals surface area contributed by atoms with Crippen LogP contribution in [0.3, 0.4) is 0 Å². The van der Waals surface area contributed by atoms with Gasteiger partial charge in [0.1, 0.15) is 17.9 Å². The van der Waals surface area contributed by atoms with Crippen LogP contribution in [-0.2, 0) is 11.4 Å². The second-order valence-corrected chi connectivity index (χ2v) is 6.50. The van der Waals surface area contributed by atoms with Crippen LogP contribution >= 0.6 is 0 Å². The number of urea groups is 1. The van der Waals surface area contributed by atoms with Gasteiger partial charge in [-0.15, -0.1) is 0 Å². The Morgan fingerprint density at radius 3 is 2.37 bits per heavy atom. The number of ether oxygens (including phenoxy) is 1. The molecule has 0 spiro atoms. The average Bonchev–Trinajstić information content (AvgIpc) is 2.91. The fourth-order valence-corrected chi connectivity index (χ4v) is 2.63. The van der Waals surface area contributed by atoms with Gasteiger partial charge in [-0.05, 0) is 43.2 Å². The smallest absolute Gasteiger partial charge is 0.344 e. The van der Waals surface area contributed by atoms with Crippen molar-refractivity contribution < 1.29 is 19.1 Å². The summed E-state index contributed by atoms with van der Waals surface area (Å²) in [6.07, 6.45) is 0.431. The summed E-state index contributed by atoms with van der Waals surface area (Å²) in [7, 11) is 0. The van der Waals surface area contributed by atoms with E-state index < -0.39 is 23.4 Å². The van der Waals surface area contributed by atoms with E-state index in [9.17, 15) is 14.4 Å². The number of hydrogen-bond donors (Lipinski definition) is 2. The summed E-state index contributed by atoms with van der Waals surface area (Å²) in [6.45, 7) is 3.79. The number of carbonyl (C=O) groups excluding carboxylic acids is 3. The Balaban J connectivity index is 1.61. The van der Waals surface area contributed by atoms with Gasteiger partial charge in [-0.1, -0.05) is 37.3 Å². The number of nitrogens with zero attached hydrogens (tertiary/aromatic N) is 1. The molecule has 0 radical (unpaired) electrons. The quantitative estimate of drug-likeness (QED) is 0.769. The Labute approximate surface area is 157 Å². The van der Waals surface area contributed by atoms with Gasteiger partial charge in [0.15, 0.2) is 0 Å². The number of rotatable bonds is 6. The van der Waals surface area contributed by atoms with E-state index in [1.54, 1.807) is 38.1 Å². The molecule has 1 aliphatic rings. The summed E-state index contributed by atoms with van der Waals surface area (Å²) >= 11 is 0. The average molecular weight is 367 g/mol. The second kappa shape index (κ2) is 7.49. The number of amides is 4. The molecule has 7 nitrogen and oxygen atoms in total. The zero-order valence-electron chi connectivity index (χ0n) is 15.2. The van der Waals surface area contributed by atoms with E-state index in [4.69, 9.17) is 4.74 Å². The molecule has 0 saturated carbocycles. The van der Waals surface area contributed by atoms with E-state index in [1.807, 2.05) is 30.3 Å². The number of carbonyl (C=O) groups is 3. The van der Waals surface area contributed by atoms with Gasteiger partial charge >= 0.3 is 6.03 Å². The molecule has 0 aromatic heterocycles. The summed E-state index contributed by atoms with van der Waals surface area (Å²) in [5.74, 6) is -0.248. The van der Waals surface area contributed by atoms with Gasteiger partial charge in [0.05, 0.1) is 0 Å². The maximum Gasteiger partial charge on any atom is 0.344 e. The molecule has 3 rings (SSSR count). The fourth-order valence-electron chi connectivity index (χ4n) is 2.63. The molecule has 1 heterocycles. The predicted octanol–water partition coefficient (Wildman–Crippen LogP) is 2.63. The summed E-state index contributed by atoms with van der Waals surface area (Å²) < 4.78 is 5.66. The minimum Gasteiger partial charge on any atom is -0.489 e. The third kappa shape index (κ3) is 3.92. The molecular weight excluding hydrogens is 346 g/mol. The second-order valence-electron chi connectivity index (χ2n) is 6.50. The summed E-state index contributed by atoms with van der Waals surface area (Å²) in [5.41, 5.74) is 2.60. The Hall–Kier alpha value is -3.35. The normalized spacial score (nSPS) is 19.0. The van der Waals surface area contributed by atoms with Crippen molar-refractivity contribution in [3.8, 4) is 5.75 Å². The fraction of sp³-hybridized carbons (Fsp3) is 0.250. The van der Waals surface area contributed by atoms with Crippen molar-refractivity contribution in [3.63, 3.8) is 0 Å². The Morgan fingerprint density at radius 2 is 1.78 bits per heavy atom. The van der Waals surface area contributed by atoms with Crippen molar-refractivity contribution >= 4 is 17.8 Å². The summed E-state index contributed by atoms with van der Waals surface area (Å²) in [4.78, 5) is 36.6. The molecule has 7 heteroatoms. The van der Waals surface area contributed by atoms with Gasteiger partial charge in [0.2, 0.25) is 0 Å². The maximum absolute atomic E-state index is 12.4. The predicted molar refractivity (Wildman–Crippen MR) is 98.8 cm³/mol. The third-order valence-electron chi connectivity index (χ3n) is 4.55. The first-order chi connectivity index (χ1) is 12.9. The first-order valence-electron chi connectivity index (χ1n) is 8.67. The molecule has 2 aromatic carbocycles. The van der Waals surface area contributed by atoms with Gasteiger partial charge in [0.25, 0.3) is 11.8 Å². The Bertz CT molecular complexity index is 851. The van der Waals surface area contributed by atoms with E-state index in [2.05, 4.69) is 10.7 Å². The zero-order valence-corrected chi connectivity index (χ0v) is 15.2. The van der Waals surface area contributed by atoms with Crippen molar-refractivity contribution in [1.82, 2.24) is 15.8 Å². The van der Waals surface area contributed by atoms with Crippen molar-refractivity contribution in [2.24, 2.45) is 0 Å². The summed E-state index contributed by atoms with van der Waals surface area (Å²) in [5, 5.41) is 3.32. The zero-order chi connectivity index (χ0) is 19.4. The van der Waals surface area contributed by atoms with Crippen LogP contribution < -0.4 is 15.5 Å². The first-order valence-corrected chi connectivity index (χ1v) is 8.67. The molecule has 1 aliphatic heterocycles. The Kier molecular flexibility index (Phi) is 5.12. The molecular formula is C20H21N3O4. The van der Waals surface area contributed by atoms with E-state index in [0.29, 0.717) is 18.6 Å².